The molecule has 1 saturated heterocycles. The summed E-state index contributed by atoms with van der Waals surface area (Å²) in [7, 11) is 1.68. The lowest BCUT2D eigenvalue weighted by molar-refractivity contribution is -0.146. The summed E-state index contributed by atoms with van der Waals surface area (Å²) in [5.74, 6) is -0.124. The van der Waals surface area contributed by atoms with Crippen LogP contribution in [0.5, 0.6) is 0 Å². The average Bonchev–Trinajstić information content (AvgIpc) is 2.99. The van der Waals surface area contributed by atoms with Crippen LogP contribution in [0.3, 0.4) is 0 Å². The predicted octanol–water partition coefficient (Wildman–Crippen LogP) is 2.84. The molecule has 0 aromatic carbocycles. The Balaban J connectivity index is 2.01. The molecule has 1 aliphatic carbocycles. The summed E-state index contributed by atoms with van der Waals surface area (Å²) in [6.07, 6.45) is 1.79. The van der Waals surface area contributed by atoms with Gasteiger partial charge in [0.05, 0.1) is 13.2 Å². The third kappa shape index (κ3) is 2.26. The zero-order valence-corrected chi connectivity index (χ0v) is 16.4. The highest BCUT2D eigenvalue weighted by Crippen LogP contribution is 2.65. The lowest BCUT2D eigenvalue weighted by Gasteiger charge is -2.36. The topological polar surface area (TPSA) is 52.8 Å². The molecule has 0 unspecified atom stereocenters. The number of fused-ring (bicyclic) bond motifs is 2. The van der Waals surface area contributed by atoms with Gasteiger partial charge in [-0.3, -0.25) is 4.79 Å². The molecule has 5 nitrogen and oxygen atoms in total. The molecule has 2 fully saturated rings. The predicted molar refractivity (Wildman–Crippen MR) is 94.0 cm³/mol. The van der Waals surface area contributed by atoms with Crippen LogP contribution in [0, 0.1) is 24.7 Å². The van der Waals surface area contributed by atoms with Crippen molar-refractivity contribution in [3.63, 3.8) is 0 Å². The van der Waals surface area contributed by atoms with Crippen molar-refractivity contribution < 1.29 is 14.3 Å². The van der Waals surface area contributed by atoms with Crippen LogP contribution in [0.1, 0.15) is 44.2 Å². The summed E-state index contributed by atoms with van der Waals surface area (Å²) in [6.45, 7) is 12.6. The number of rotatable bonds is 4. The largest absolute Gasteiger partial charge is 0.383 e. The van der Waals surface area contributed by atoms with E-state index >= 15 is 0 Å². The fraction of sp³-hybridized carbons (Fsp3) is 0.778. The first-order valence-corrected chi connectivity index (χ1v) is 9.39. The Morgan fingerprint density at radius 3 is 2.54 bits per heavy atom. The van der Waals surface area contributed by atoms with Crippen molar-refractivity contribution in [1.82, 2.24) is 4.57 Å². The quantitative estimate of drug-likeness (QED) is 0.837. The summed E-state index contributed by atoms with van der Waals surface area (Å²) in [5.41, 5.74) is 0.237. The number of ether oxygens (including phenoxy) is 2. The summed E-state index contributed by atoms with van der Waals surface area (Å²) in [5, 5.41) is 0. The first-order chi connectivity index (χ1) is 11.2. The highest BCUT2D eigenvalue weighted by Gasteiger charge is 2.70. The lowest BCUT2D eigenvalue weighted by atomic mass is 9.66. The standard InChI is InChI=1S/C18H28N2O3S/c1-12-13(2)24-15(20(12)9-10-22-6)19-14(21)18-8-7-17(5,11-23-18)16(18,3)4/h7-11H2,1-6H3/b19-15-/t17-,18+/m1/s1. The minimum Gasteiger partial charge on any atom is -0.383 e. The Morgan fingerprint density at radius 1 is 1.33 bits per heavy atom. The van der Waals surface area contributed by atoms with E-state index in [1.54, 1.807) is 18.4 Å². The van der Waals surface area contributed by atoms with Gasteiger partial charge < -0.3 is 14.0 Å². The molecular weight excluding hydrogens is 324 g/mol. The molecule has 0 spiro atoms. The van der Waals surface area contributed by atoms with Crippen LogP contribution in [0.25, 0.3) is 0 Å². The van der Waals surface area contributed by atoms with Gasteiger partial charge in [0.15, 0.2) is 10.4 Å². The summed E-state index contributed by atoms with van der Waals surface area (Å²) in [4.78, 5) is 19.6. The van der Waals surface area contributed by atoms with Crippen molar-refractivity contribution in [3.8, 4) is 0 Å². The van der Waals surface area contributed by atoms with Gasteiger partial charge in [0.1, 0.15) is 0 Å². The van der Waals surface area contributed by atoms with Crippen LogP contribution in [0.15, 0.2) is 4.99 Å². The van der Waals surface area contributed by atoms with Gasteiger partial charge in [0.2, 0.25) is 0 Å². The summed E-state index contributed by atoms with van der Waals surface area (Å²) in [6, 6.07) is 0. The smallest absolute Gasteiger partial charge is 0.281 e. The van der Waals surface area contributed by atoms with Crippen LogP contribution in [-0.4, -0.2) is 36.4 Å². The highest BCUT2D eigenvalue weighted by atomic mass is 32.1. The molecule has 1 amide bonds. The Labute approximate surface area is 147 Å². The highest BCUT2D eigenvalue weighted by molar-refractivity contribution is 7.09. The van der Waals surface area contributed by atoms with E-state index < -0.39 is 5.60 Å². The van der Waals surface area contributed by atoms with E-state index in [2.05, 4.69) is 44.2 Å². The molecule has 134 valence electrons. The second kappa shape index (κ2) is 5.78. The molecule has 2 atom stereocenters. The zero-order chi connectivity index (χ0) is 17.8. The fourth-order valence-corrected chi connectivity index (χ4v) is 5.09. The van der Waals surface area contributed by atoms with E-state index in [0.29, 0.717) is 19.8 Å². The van der Waals surface area contributed by atoms with E-state index in [0.717, 1.165) is 23.3 Å². The molecule has 1 aromatic heterocycles. The molecule has 1 saturated carbocycles. The third-order valence-electron chi connectivity index (χ3n) is 6.64. The SMILES string of the molecule is COCCn1c(C)c(C)s/c1=N\C(=O)[C@]12CC[C@](C)(CO1)C2(C)C. The summed E-state index contributed by atoms with van der Waals surface area (Å²) < 4.78 is 13.4. The number of methoxy groups -OCH3 is 1. The molecule has 1 aromatic rings. The van der Waals surface area contributed by atoms with Gasteiger partial charge in [-0.05, 0) is 32.1 Å². The molecule has 3 rings (SSSR count). The number of thiazole rings is 1. The van der Waals surface area contributed by atoms with Gasteiger partial charge in [-0.25, -0.2) is 0 Å². The van der Waals surface area contributed by atoms with Crippen LogP contribution in [0.4, 0.5) is 0 Å². The Hall–Kier alpha value is -0.980. The average molecular weight is 353 g/mol. The number of carbonyl (C=O) groups is 1. The first kappa shape index (κ1) is 17.8. The van der Waals surface area contributed by atoms with Crippen LogP contribution in [0.2, 0.25) is 0 Å². The van der Waals surface area contributed by atoms with Gasteiger partial charge in [-0.1, -0.05) is 20.8 Å². The number of carbonyl (C=O) groups excluding carboxylic acids is 1. The molecule has 1 aliphatic heterocycles. The molecule has 2 aliphatic rings. The first-order valence-electron chi connectivity index (χ1n) is 8.57. The Morgan fingerprint density at radius 2 is 2.04 bits per heavy atom. The fourth-order valence-electron chi connectivity index (χ4n) is 4.09. The maximum Gasteiger partial charge on any atom is 0.281 e. The second-order valence-corrected chi connectivity index (χ2v) is 9.07. The van der Waals surface area contributed by atoms with Gasteiger partial charge in [0, 0.05) is 29.6 Å². The van der Waals surface area contributed by atoms with E-state index in [1.807, 2.05) is 0 Å². The molecule has 2 heterocycles. The molecule has 0 radical (unpaired) electrons. The summed E-state index contributed by atoms with van der Waals surface area (Å²) >= 11 is 1.56. The molecule has 0 N–H and O–H groups in total. The van der Waals surface area contributed by atoms with Crippen LogP contribution >= 0.6 is 11.3 Å². The van der Waals surface area contributed by atoms with Gasteiger partial charge in [-0.2, -0.15) is 4.99 Å². The van der Waals surface area contributed by atoms with Crippen LogP contribution < -0.4 is 4.80 Å². The molecule has 24 heavy (non-hydrogen) atoms. The lowest BCUT2D eigenvalue weighted by Crippen LogP contribution is -2.47. The van der Waals surface area contributed by atoms with E-state index in [1.165, 1.54) is 4.88 Å². The van der Waals surface area contributed by atoms with Crippen molar-refractivity contribution in [1.29, 1.82) is 0 Å². The van der Waals surface area contributed by atoms with Crippen molar-refractivity contribution in [2.24, 2.45) is 15.8 Å². The van der Waals surface area contributed by atoms with Gasteiger partial charge in [0.25, 0.3) is 5.91 Å². The van der Waals surface area contributed by atoms with E-state index in [-0.39, 0.29) is 16.7 Å². The number of amides is 1. The molecule has 2 bridgehead atoms. The van der Waals surface area contributed by atoms with Crippen LogP contribution in [-0.2, 0) is 20.8 Å². The van der Waals surface area contributed by atoms with Crippen molar-refractivity contribution in [2.75, 3.05) is 20.3 Å². The third-order valence-corrected chi connectivity index (χ3v) is 7.73. The Bertz CT molecular complexity index is 721. The number of aryl methyl sites for hydroxylation is 1. The maximum atomic E-state index is 13.2. The second-order valence-electron chi connectivity index (χ2n) is 7.89. The monoisotopic (exact) mass is 352 g/mol. The zero-order valence-electron chi connectivity index (χ0n) is 15.6. The minimum absolute atomic E-state index is 0.0610. The van der Waals surface area contributed by atoms with Gasteiger partial charge in [-0.15, -0.1) is 11.3 Å². The Kier molecular flexibility index (Phi) is 4.30. The minimum atomic E-state index is -0.771. The van der Waals surface area contributed by atoms with E-state index in [9.17, 15) is 4.79 Å². The van der Waals surface area contributed by atoms with Gasteiger partial charge >= 0.3 is 0 Å². The number of hydrogen-bond acceptors (Lipinski definition) is 4. The van der Waals surface area contributed by atoms with Crippen molar-refractivity contribution in [3.05, 3.63) is 15.4 Å². The maximum absolute atomic E-state index is 13.2. The normalized spacial score (nSPS) is 31.8. The van der Waals surface area contributed by atoms with E-state index in [4.69, 9.17) is 9.47 Å². The number of nitrogens with zero attached hydrogens (tertiary/aromatic N) is 2. The van der Waals surface area contributed by atoms with Crippen molar-refractivity contribution in [2.45, 2.75) is 59.6 Å². The van der Waals surface area contributed by atoms with Crippen molar-refractivity contribution >= 4 is 17.2 Å². The number of hydrogen-bond donors (Lipinski definition) is 0. The number of aromatic nitrogens is 1. The molecule has 6 heteroatoms. The molecular formula is C18H28N2O3S.